The number of hydrogen-bond acceptors (Lipinski definition) is 2. The van der Waals surface area contributed by atoms with E-state index in [1.807, 2.05) is 0 Å². The molecule has 2 nitrogen and oxygen atoms in total. The second-order valence-corrected chi connectivity index (χ2v) is 7.77. The number of nitrogens with zero attached hydrogens (tertiary/aromatic N) is 1. The molecule has 3 rings (SSSR count). The molecule has 4 unspecified atom stereocenters. The summed E-state index contributed by atoms with van der Waals surface area (Å²) in [7, 11) is 0. The molecule has 1 saturated heterocycles. The van der Waals surface area contributed by atoms with Gasteiger partial charge in [0, 0.05) is 17.1 Å². The molecule has 3 heteroatoms. The number of halogens is 1. The maximum atomic E-state index is 6.37. The first kappa shape index (κ1) is 15.5. The molecule has 1 aromatic rings. The van der Waals surface area contributed by atoms with Crippen LogP contribution in [0.25, 0.3) is 0 Å². The zero-order valence-electron chi connectivity index (χ0n) is 13.0. The quantitative estimate of drug-likeness (QED) is 0.877. The van der Waals surface area contributed by atoms with E-state index in [2.05, 4.69) is 52.0 Å². The molecule has 116 valence electrons. The Kier molecular flexibility index (Phi) is 5.03. The van der Waals surface area contributed by atoms with Gasteiger partial charge in [0.15, 0.2) is 0 Å². The smallest absolute Gasteiger partial charge is 0.0507 e. The fourth-order valence-corrected chi connectivity index (χ4v) is 4.93. The average Bonchev–Trinajstić information content (AvgIpc) is 2.49. The summed E-state index contributed by atoms with van der Waals surface area (Å²) in [4.78, 5) is 2.65. The SMILES string of the molecule is CC(N)C(c1ccccc1Br)N1CCC2CCCCC2C1. The summed E-state index contributed by atoms with van der Waals surface area (Å²) in [5, 5.41) is 0. The normalized spacial score (nSPS) is 29.7. The van der Waals surface area contributed by atoms with Crippen molar-refractivity contribution in [2.24, 2.45) is 17.6 Å². The van der Waals surface area contributed by atoms with Crippen LogP contribution < -0.4 is 5.73 Å². The first-order valence-corrected chi connectivity index (χ1v) is 9.20. The Morgan fingerprint density at radius 1 is 1.14 bits per heavy atom. The number of fused-ring (bicyclic) bond motifs is 1. The molecule has 21 heavy (non-hydrogen) atoms. The van der Waals surface area contributed by atoms with E-state index in [0.717, 1.165) is 11.8 Å². The summed E-state index contributed by atoms with van der Waals surface area (Å²) in [6.07, 6.45) is 7.10. The van der Waals surface area contributed by atoms with Crippen LogP contribution in [0.15, 0.2) is 28.7 Å². The number of likely N-dealkylation sites (tertiary alicyclic amines) is 1. The molecule has 2 N–H and O–H groups in total. The van der Waals surface area contributed by atoms with Gasteiger partial charge >= 0.3 is 0 Å². The van der Waals surface area contributed by atoms with Gasteiger partial charge < -0.3 is 5.73 Å². The zero-order chi connectivity index (χ0) is 14.8. The van der Waals surface area contributed by atoms with Gasteiger partial charge in [-0.1, -0.05) is 53.4 Å². The van der Waals surface area contributed by atoms with Gasteiger partial charge in [0.2, 0.25) is 0 Å². The van der Waals surface area contributed by atoms with Crippen LogP contribution in [0.4, 0.5) is 0 Å². The van der Waals surface area contributed by atoms with Gasteiger partial charge in [0.25, 0.3) is 0 Å². The van der Waals surface area contributed by atoms with Crippen LogP contribution in [-0.4, -0.2) is 24.0 Å². The minimum Gasteiger partial charge on any atom is -0.326 e. The molecular formula is C18H27BrN2. The Morgan fingerprint density at radius 2 is 1.86 bits per heavy atom. The van der Waals surface area contributed by atoms with Crippen molar-refractivity contribution in [3.05, 3.63) is 34.3 Å². The maximum Gasteiger partial charge on any atom is 0.0507 e. The molecule has 2 aliphatic rings. The van der Waals surface area contributed by atoms with Crippen LogP contribution in [0, 0.1) is 11.8 Å². The lowest BCUT2D eigenvalue weighted by Crippen LogP contribution is -2.48. The van der Waals surface area contributed by atoms with Gasteiger partial charge in [-0.3, -0.25) is 4.90 Å². The molecule has 0 aromatic heterocycles. The third-order valence-corrected chi connectivity index (χ3v) is 6.16. The first-order valence-electron chi connectivity index (χ1n) is 8.41. The lowest BCUT2D eigenvalue weighted by Gasteiger charge is -2.45. The molecule has 1 aliphatic carbocycles. The zero-order valence-corrected chi connectivity index (χ0v) is 14.6. The van der Waals surface area contributed by atoms with Crippen LogP contribution >= 0.6 is 15.9 Å². The fraction of sp³-hybridized carbons (Fsp3) is 0.667. The lowest BCUT2D eigenvalue weighted by atomic mass is 9.74. The summed E-state index contributed by atoms with van der Waals surface area (Å²) in [6, 6.07) is 9.07. The molecule has 2 fully saturated rings. The van der Waals surface area contributed by atoms with Crippen molar-refractivity contribution in [3.63, 3.8) is 0 Å². The van der Waals surface area contributed by atoms with Gasteiger partial charge in [0.1, 0.15) is 0 Å². The van der Waals surface area contributed by atoms with Gasteiger partial charge in [-0.2, -0.15) is 0 Å². The summed E-state index contributed by atoms with van der Waals surface area (Å²) >= 11 is 3.72. The predicted molar refractivity (Wildman–Crippen MR) is 92.2 cm³/mol. The van der Waals surface area contributed by atoms with Crippen LogP contribution in [-0.2, 0) is 0 Å². The van der Waals surface area contributed by atoms with Gasteiger partial charge in [0.05, 0.1) is 6.04 Å². The van der Waals surface area contributed by atoms with Crippen molar-refractivity contribution in [1.82, 2.24) is 4.90 Å². The van der Waals surface area contributed by atoms with Crippen molar-refractivity contribution in [1.29, 1.82) is 0 Å². The van der Waals surface area contributed by atoms with E-state index in [9.17, 15) is 0 Å². The molecule has 1 aliphatic heterocycles. The third-order valence-electron chi connectivity index (χ3n) is 5.44. The molecule has 1 aromatic carbocycles. The summed E-state index contributed by atoms with van der Waals surface area (Å²) in [5.74, 6) is 1.87. The van der Waals surface area contributed by atoms with Gasteiger partial charge in [-0.25, -0.2) is 0 Å². The molecule has 1 heterocycles. The molecule has 4 atom stereocenters. The van der Waals surface area contributed by atoms with Crippen molar-refractivity contribution in [2.45, 2.75) is 51.1 Å². The second-order valence-electron chi connectivity index (χ2n) is 6.91. The molecule has 1 saturated carbocycles. The standard InChI is InChI=1S/C18H27BrN2/c1-13(20)18(16-8-4-5-9-17(16)19)21-11-10-14-6-2-3-7-15(14)12-21/h4-5,8-9,13-15,18H,2-3,6-7,10-12,20H2,1H3. The monoisotopic (exact) mass is 350 g/mol. The number of piperidine rings is 1. The van der Waals surface area contributed by atoms with E-state index in [1.165, 1.54) is 55.2 Å². The van der Waals surface area contributed by atoms with Crippen molar-refractivity contribution < 1.29 is 0 Å². The van der Waals surface area contributed by atoms with E-state index in [4.69, 9.17) is 5.73 Å². The highest BCUT2D eigenvalue weighted by Crippen LogP contribution is 2.40. The summed E-state index contributed by atoms with van der Waals surface area (Å²) in [6.45, 7) is 4.59. The first-order chi connectivity index (χ1) is 10.2. The van der Waals surface area contributed by atoms with E-state index < -0.39 is 0 Å². The number of nitrogens with two attached hydrogens (primary N) is 1. The molecule has 0 bridgehead atoms. The Bertz CT molecular complexity index is 474. The maximum absolute atomic E-state index is 6.37. The Labute approximate surface area is 137 Å². The molecular weight excluding hydrogens is 324 g/mol. The van der Waals surface area contributed by atoms with Gasteiger partial charge in [-0.15, -0.1) is 0 Å². The Balaban J connectivity index is 1.80. The number of rotatable bonds is 3. The van der Waals surface area contributed by atoms with Crippen LogP contribution in [0.1, 0.15) is 50.6 Å². The van der Waals surface area contributed by atoms with Gasteiger partial charge in [-0.05, 0) is 49.8 Å². The van der Waals surface area contributed by atoms with E-state index in [0.29, 0.717) is 6.04 Å². The average molecular weight is 351 g/mol. The second kappa shape index (κ2) is 6.80. The van der Waals surface area contributed by atoms with Crippen molar-refractivity contribution in [2.75, 3.05) is 13.1 Å². The summed E-state index contributed by atoms with van der Waals surface area (Å²) < 4.78 is 1.19. The van der Waals surface area contributed by atoms with E-state index in [-0.39, 0.29) is 6.04 Å². The number of benzene rings is 1. The largest absolute Gasteiger partial charge is 0.326 e. The predicted octanol–water partition coefficient (Wildman–Crippen LogP) is 4.35. The summed E-state index contributed by atoms with van der Waals surface area (Å²) in [5.41, 5.74) is 7.72. The Morgan fingerprint density at radius 3 is 2.57 bits per heavy atom. The highest BCUT2D eigenvalue weighted by atomic mass is 79.9. The molecule has 0 amide bonds. The minimum absolute atomic E-state index is 0.156. The molecule has 0 spiro atoms. The van der Waals surface area contributed by atoms with Crippen LogP contribution in [0.5, 0.6) is 0 Å². The molecule has 0 radical (unpaired) electrons. The highest BCUT2D eigenvalue weighted by molar-refractivity contribution is 9.10. The van der Waals surface area contributed by atoms with E-state index >= 15 is 0 Å². The topological polar surface area (TPSA) is 29.3 Å². The highest BCUT2D eigenvalue weighted by Gasteiger charge is 2.35. The minimum atomic E-state index is 0.156. The van der Waals surface area contributed by atoms with Crippen molar-refractivity contribution >= 4 is 15.9 Å². The fourth-order valence-electron chi connectivity index (χ4n) is 4.41. The van der Waals surface area contributed by atoms with Crippen LogP contribution in [0.2, 0.25) is 0 Å². The Hall–Kier alpha value is -0.380. The van der Waals surface area contributed by atoms with Crippen molar-refractivity contribution in [3.8, 4) is 0 Å². The lowest BCUT2D eigenvalue weighted by molar-refractivity contribution is 0.0492. The van der Waals surface area contributed by atoms with E-state index in [1.54, 1.807) is 0 Å². The number of hydrogen-bond donors (Lipinski definition) is 1. The third kappa shape index (κ3) is 3.35. The van der Waals surface area contributed by atoms with Crippen LogP contribution in [0.3, 0.4) is 0 Å².